The predicted octanol–water partition coefficient (Wildman–Crippen LogP) is 2.29. The van der Waals surface area contributed by atoms with E-state index < -0.39 is 35.0 Å². The maximum Gasteiger partial charge on any atom is 0.313 e. The Labute approximate surface area is 223 Å². The number of hydrogen-bond donors (Lipinski definition) is 1. The lowest BCUT2D eigenvalue weighted by atomic mass is 9.74. The minimum Gasteiger partial charge on any atom is -0.465 e. The van der Waals surface area contributed by atoms with E-state index in [0.717, 1.165) is 24.5 Å². The predicted molar refractivity (Wildman–Crippen MR) is 143 cm³/mol. The van der Waals surface area contributed by atoms with Gasteiger partial charge >= 0.3 is 5.97 Å². The maximum absolute atomic E-state index is 14.3. The Bertz CT molecular complexity index is 1150. The lowest BCUT2D eigenvalue weighted by Crippen LogP contribution is -2.56. The van der Waals surface area contributed by atoms with Gasteiger partial charge in [-0.3, -0.25) is 14.4 Å². The van der Waals surface area contributed by atoms with Gasteiger partial charge in [-0.05, 0) is 57.9 Å². The maximum atomic E-state index is 14.3. The highest BCUT2D eigenvalue weighted by molar-refractivity contribution is 6.05. The second kappa shape index (κ2) is 10.2. The number of hydrogen-bond acceptors (Lipinski definition) is 7. The van der Waals surface area contributed by atoms with Crippen LogP contribution in [0.25, 0.3) is 0 Å². The first-order chi connectivity index (χ1) is 18.3. The minimum absolute atomic E-state index is 0.124. The van der Waals surface area contributed by atoms with Crippen molar-refractivity contribution in [2.75, 3.05) is 49.2 Å². The molecule has 0 bridgehead atoms. The molecular formula is C29H37N3O6. The van der Waals surface area contributed by atoms with Crippen LogP contribution in [0.3, 0.4) is 0 Å². The third kappa shape index (κ3) is 4.03. The number of fused-ring (bicyclic) bond motifs is 2. The summed E-state index contributed by atoms with van der Waals surface area (Å²) in [6, 6.07) is 6.88. The fourth-order valence-corrected chi connectivity index (χ4v) is 6.63. The first-order valence-corrected chi connectivity index (χ1v) is 13.6. The summed E-state index contributed by atoms with van der Waals surface area (Å²) in [5, 5.41) is 9.55. The van der Waals surface area contributed by atoms with Crippen LogP contribution in [0.1, 0.15) is 33.6 Å². The third-order valence-electron chi connectivity index (χ3n) is 8.37. The summed E-state index contributed by atoms with van der Waals surface area (Å²) in [7, 11) is 0. The van der Waals surface area contributed by atoms with Gasteiger partial charge in [-0.25, -0.2) is 0 Å². The number of aliphatic hydroxyl groups excluding tert-OH is 1. The molecule has 5 atom stereocenters. The summed E-state index contributed by atoms with van der Waals surface area (Å²) < 4.78 is 12.2. The average molecular weight is 524 g/mol. The van der Waals surface area contributed by atoms with Crippen molar-refractivity contribution in [3.63, 3.8) is 0 Å². The highest BCUT2D eigenvalue weighted by Crippen LogP contribution is 2.57. The summed E-state index contributed by atoms with van der Waals surface area (Å²) in [5.74, 6) is -2.86. The number of carbonyl (C=O) groups is 3. The van der Waals surface area contributed by atoms with Gasteiger partial charge in [0, 0.05) is 44.2 Å². The van der Waals surface area contributed by atoms with Crippen LogP contribution in [0.2, 0.25) is 0 Å². The van der Waals surface area contributed by atoms with E-state index in [0.29, 0.717) is 19.4 Å². The Kier molecular flexibility index (Phi) is 7.09. The topological polar surface area (TPSA) is 99.6 Å². The van der Waals surface area contributed by atoms with E-state index in [1.165, 1.54) is 4.90 Å². The van der Waals surface area contributed by atoms with Crippen molar-refractivity contribution in [3.05, 3.63) is 48.6 Å². The molecule has 4 aliphatic rings. The van der Waals surface area contributed by atoms with E-state index in [1.54, 1.807) is 11.8 Å². The number of benzene rings is 1. The molecule has 5 rings (SSSR count). The molecule has 38 heavy (non-hydrogen) atoms. The lowest BCUT2D eigenvalue weighted by molar-refractivity contribution is -0.159. The molecule has 1 N–H and O–H groups in total. The van der Waals surface area contributed by atoms with Gasteiger partial charge in [-0.2, -0.15) is 0 Å². The highest BCUT2D eigenvalue weighted by Gasteiger charge is 2.74. The number of cyclic esters (lactones) is 1. The summed E-state index contributed by atoms with van der Waals surface area (Å²) in [6.45, 7) is 8.36. The molecule has 1 aromatic carbocycles. The van der Waals surface area contributed by atoms with Crippen LogP contribution in [0.4, 0.5) is 11.4 Å². The number of rotatable bonds is 7. The van der Waals surface area contributed by atoms with Crippen LogP contribution in [0.5, 0.6) is 0 Å². The average Bonchev–Trinajstić information content (AvgIpc) is 3.22. The number of likely N-dealkylation sites (tertiary alicyclic amines) is 1. The molecule has 2 fully saturated rings. The van der Waals surface area contributed by atoms with Gasteiger partial charge < -0.3 is 29.3 Å². The Hall–Kier alpha value is -3.17. The SMILES string of the molecule is CCN(CC)c1ccc(N2CC=C[C@]34O[C@@]5(C)C=CCCOC(=O)[C@H]5[C@H]3C(=O)N(CCCO)C4C2=O)cc1. The van der Waals surface area contributed by atoms with Crippen molar-refractivity contribution in [2.24, 2.45) is 11.8 Å². The quantitative estimate of drug-likeness (QED) is 0.432. The van der Waals surface area contributed by atoms with Gasteiger partial charge in [0.25, 0.3) is 5.91 Å². The molecule has 4 aliphatic heterocycles. The van der Waals surface area contributed by atoms with Crippen LogP contribution in [-0.2, 0) is 23.9 Å². The molecule has 9 heteroatoms. The van der Waals surface area contributed by atoms with Gasteiger partial charge in [0.05, 0.1) is 18.1 Å². The lowest BCUT2D eigenvalue weighted by Gasteiger charge is -2.37. The van der Waals surface area contributed by atoms with E-state index in [9.17, 15) is 19.5 Å². The summed E-state index contributed by atoms with van der Waals surface area (Å²) in [4.78, 5) is 47.0. The Morgan fingerprint density at radius 2 is 1.76 bits per heavy atom. The number of carbonyl (C=O) groups excluding carboxylic acids is 3. The zero-order valence-corrected chi connectivity index (χ0v) is 22.3. The van der Waals surface area contributed by atoms with E-state index in [1.807, 2.05) is 48.6 Å². The zero-order chi connectivity index (χ0) is 27.1. The molecule has 0 saturated carbocycles. The van der Waals surface area contributed by atoms with Crippen LogP contribution in [-0.4, -0.2) is 84.4 Å². The standard InChI is InChI=1S/C29H37N3O6/c1-4-30(5-2)20-10-12-21(13-11-20)31-16-8-15-29-22(25(34)32(17-9-18-33)24(29)26(31)35)23-27(36)37-19-7-6-14-28(23,3)38-29/h6,8,10-15,22-24,33H,4-5,7,9,16-19H2,1-3H3/t22-,23+,24?,28-,29-/m0/s1. The summed E-state index contributed by atoms with van der Waals surface area (Å²) >= 11 is 0. The Balaban J connectivity index is 1.57. The number of nitrogens with zero attached hydrogens (tertiary/aromatic N) is 3. The van der Waals surface area contributed by atoms with Gasteiger partial charge in [0.15, 0.2) is 0 Å². The van der Waals surface area contributed by atoms with Crippen LogP contribution in [0.15, 0.2) is 48.6 Å². The van der Waals surface area contributed by atoms with E-state index in [-0.39, 0.29) is 31.6 Å². The number of amides is 2. The molecule has 1 aromatic rings. The molecule has 0 aliphatic carbocycles. The fourth-order valence-electron chi connectivity index (χ4n) is 6.63. The smallest absolute Gasteiger partial charge is 0.313 e. The van der Waals surface area contributed by atoms with Gasteiger partial charge in [-0.1, -0.05) is 24.3 Å². The van der Waals surface area contributed by atoms with Crippen LogP contribution >= 0.6 is 0 Å². The Morgan fingerprint density at radius 3 is 2.45 bits per heavy atom. The van der Waals surface area contributed by atoms with Crippen LogP contribution in [0, 0.1) is 11.8 Å². The molecule has 1 spiro atoms. The molecule has 204 valence electrons. The van der Waals surface area contributed by atoms with E-state index in [4.69, 9.17) is 9.47 Å². The molecule has 2 amide bonds. The number of esters is 1. The second-order valence-corrected chi connectivity index (χ2v) is 10.5. The monoisotopic (exact) mass is 523 g/mol. The number of ether oxygens (including phenoxy) is 2. The van der Waals surface area contributed by atoms with Crippen molar-refractivity contribution in [3.8, 4) is 0 Å². The van der Waals surface area contributed by atoms with E-state index in [2.05, 4.69) is 18.7 Å². The van der Waals surface area contributed by atoms with Crippen molar-refractivity contribution < 1.29 is 29.0 Å². The molecule has 0 radical (unpaired) electrons. The molecule has 9 nitrogen and oxygen atoms in total. The van der Waals surface area contributed by atoms with Crippen molar-refractivity contribution >= 4 is 29.2 Å². The van der Waals surface area contributed by atoms with Gasteiger partial charge in [-0.15, -0.1) is 0 Å². The summed E-state index contributed by atoms with van der Waals surface area (Å²) in [5.41, 5.74) is -0.626. The normalized spacial score (nSPS) is 32.3. The zero-order valence-electron chi connectivity index (χ0n) is 22.3. The molecule has 0 aromatic heterocycles. The molecular weight excluding hydrogens is 486 g/mol. The number of anilines is 2. The molecule has 1 unspecified atom stereocenters. The molecule has 4 heterocycles. The first kappa shape index (κ1) is 26.4. The van der Waals surface area contributed by atoms with Gasteiger partial charge in [0.1, 0.15) is 17.6 Å². The van der Waals surface area contributed by atoms with Gasteiger partial charge in [0.2, 0.25) is 5.91 Å². The fraction of sp³-hybridized carbons (Fsp3) is 0.552. The number of aliphatic hydroxyl groups is 1. The van der Waals surface area contributed by atoms with Crippen LogP contribution < -0.4 is 9.80 Å². The van der Waals surface area contributed by atoms with Crippen molar-refractivity contribution in [1.29, 1.82) is 0 Å². The van der Waals surface area contributed by atoms with Crippen molar-refractivity contribution in [1.82, 2.24) is 4.90 Å². The largest absolute Gasteiger partial charge is 0.465 e. The second-order valence-electron chi connectivity index (χ2n) is 10.5. The molecule has 2 saturated heterocycles. The Morgan fingerprint density at radius 1 is 1.03 bits per heavy atom. The highest BCUT2D eigenvalue weighted by atomic mass is 16.6. The summed E-state index contributed by atoms with van der Waals surface area (Å²) in [6.07, 6.45) is 8.31. The first-order valence-electron chi connectivity index (χ1n) is 13.6. The van der Waals surface area contributed by atoms with Crippen molar-refractivity contribution in [2.45, 2.75) is 50.9 Å². The van der Waals surface area contributed by atoms with E-state index >= 15 is 0 Å². The minimum atomic E-state index is -1.33. The third-order valence-corrected chi connectivity index (χ3v) is 8.37.